The number of rotatable bonds is 9. The van der Waals surface area contributed by atoms with Gasteiger partial charge in [0.15, 0.2) is 0 Å². The van der Waals surface area contributed by atoms with Gasteiger partial charge in [-0.1, -0.05) is 31.6 Å². The number of hydrogen-bond acceptors (Lipinski definition) is 5. The number of allylic oxidation sites excluding steroid dienone is 1. The number of imide groups is 1. The molecule has 2 rings (SSSR count). The van der Waals surface area contributed by atoms with Crippen molar-refractivity contribution in [1.82, 2.24) is 4.90 Å². The predicted molar refractivity (Wildman–Crippen MR) is 104 cm³/mol. The van der Waals surface area contributed by atoms with Crippen LogP contribution in [-0.2, 0) is 11.2 Å². The van der Waals surface area contributed by atoms with Gasteiger partial charge < -0.3 is 10.5 Å². The van der Waals surface area contributed by atoms with E-state index in [0.29, 0.717) is 11.3 Å². The van der Waals surface area contributed by atoms with Gasteiger partial charge in [-0.25, -0.2) is 0 Å². The second kappa shape index (κ2) is 11.2. The van der Waals surface area contributed by atoms with E-state index in [1.807, 2.05) is 30.3 Å². The maximum Gasteiger partial charge on any atom is 0.293 e. The van der Waals surface area contributed by atoms with Crippen LogP contribution in [0.25, 0.3) is 0 Å². The van der Waals surface area contributed by atoms with Crippen LogP contribution in [0.2, 0.25) is 0 Å². The van der Waals surface area contributed by atoms with Gasteiger partial charge in [0.25, 0.3) is 11.1 Å². The Morgan fingerprint density at radius 3 is 2.60 bits per heavy atom. The summed E-state index contributed by atoms with van der Waals surface area (Å²) in [6.07, 6.45) is 5.55. The van der Waals surface area contributed by atoms with E-state index in [4.69, 9.17) is 10.5 Å². The van der Waals surface area contributed by atoms with Crippen molar-refractivity contribution in [3.8, 4) is 5.75 Å². The molecule has 138 valence electrons. The van der Waals surface area contributed by atoms with Crippen LogP contribution < -0.4 is 10.5 Å². The van der Waals surface area contributed by atoms with E-state index in [2.05, 4.69) is 6.92 Å². The highest BCUT2D eigenvalue weighted by Crippen LogP contribution is 2.30. The Labute approximate surface area is 159 Å². The normalized spacial score (nSPS) is 15.6. The molecular formula is C18H25ClN2O3S. The monoisotopic (exact) mass is 384 g/mol. The largest absolute Gasteiger partial charge is 0.494 e. The Morgan fingerprint density at radius 1 is 1.24 bits per heavy atom. The summed E-state index contributed by atoms with van der Waals surface area (Å²) >= 11 is 0.994. The molecular weight excluding hydrogens is 360 g/mol. The molecule has 25 heavy (non-hydrogen) atoms. The average Bonchev–Trinajstić information content (AvgIpc) is 2.85. The van der Waals surface area contributed by atoms with Crippen molar-refractivity contribution < 1.29 is 14.3 Å². The Bertz CT molecular complexity index is 605. The topological polar surface area (TPSA) is 72.6 Å². The Balaban J connectivity index is 0.00000312. The molecule has 1 saturated heterocycles. The molecule has 0 aliphatic carbocycles. The molecule has 0 spiro atoms. The molecule has 0 bridgehead atoms. The molecule has 2 N–H and O–H groups in total. The number of carbonyl (C=O) groups excluding carboxylic acids is 2. The SMILES string of the molecule is CCCCOc1ccc(CC/C=C2/SC(=O)N(CCN)C2=O)cc1.Cl. The number of aryl methyl sites for hydroxylation is 1. The molecule has 7 heteroatoms. The zero-order chi connectivity index (χ0) is 17.4. The number of unbranched alkanes of at least 4 members (excludes halogenated alkanes) is 1. The summed E-state index contributed by atoms with van der Waals surface area (Å²) in [5.41, 5.74) is 6.60. The first kappa shape index (κ1) is 21.5. The highest BCUT2D eigenvalue weighted by molar-refractivity contribution is 8.18. The average molecular weight is 385 g/mol. The lowest BCUT2D eigenvalue weighted by Crippen LogP contribution is -2.33. The van der Waals surface area contributed by atoms with Gasteiger partial charge in [0.05, 0.1) is 11.5 Å². The van der Waals surface area contributed by atoms with E-state index in [9.17, 15) is 9.59 Å². The fraction of sp³-hybridized carbons (Fsp3) is 0.444. The van der Waals surface area contributed by atoms with Crippen LogP contribution in [-0.4, -0.2) is 35.7 Å². The second-order valence-electron chi connectivity index (χ2n) is 5.57. The number of carbonyl (C=O) groups is 2. The number of benzene rings is 1. The number of hydrogen-bond donors (Lipinski definition) is 1. The molecule has 1 fully saturated rings. The first-order valence-electron chi connectivity index (χ1n) is 8.31. The lowest BCUT2D eigenvalue weighted by molar-refractivity contribution is -0.122. The van der Waals surface area contributed by atoms with Crippen LogP contribution in [0, 0.1) is 0 Å². The van der Waals surface area contributed by atoms with Gasteiger partial charge >= 0.3 is 0 Å². The molecule has 1 aliphatic heterocycles. The van der Waals surface area contributed by atoms with Crippen molar-refractivity contribution in [2.75, 3.05) is 19.7 Å². The van der Waals surface area contributed by atoms with E-state index < -0.39 is 0 Å². The molecule has 0 radical (unpaired) electrons. The number of amides is 2. The molecule has 5 nitrogen and oxygen atoms in total. The Morgan fingerprint density at radius 2 is 1.96 bits per heavy atom. The lowest BCUT2D eigenvalue weighted by atomic mass is 10.1. The highest BCUT2D eigenvalue weighted by atomic mass is 35.5. The zero-order valence-electron chi connectivity index (χ0n) is 14.4. The van der Waals surface area contributed by atoms with E-state index in [1.165, 1.54) is 10.5 Å². The third kappa shape index (κ3) is 6.38. The van der Waals surface area contributed by atoms with Gasteiger partial charge in [0.2, 0.25) is 0 Å². The van der Waals surface area contributed by atoms with Gasteiger partial charge in [-0.2, -0.15) is 0 Å². The highest BCUT2D eigenvalue weighted by Gasteiger charge is 2.33. The van der Waals surface area contributed by atoms with Gasteiger partial charge in [0, 0.05) is 13.1 Å². The summed E-state index contributed by atoms with van der Waals surface area (Å²) in [6, 6.07) is 8.02. The molecule has 0 saturated carbocycles. The van der Waals surface area contributed by atoms with Crippen LogP contribution in [0.1, 0.15) is 31.7 Å². The number of thioether (sulfide) groups is 1. The molecule has 1 aliphatic rings. The summed E-state index contributed by atoms with van der Waals surface area (Å²) in [7, 11) is 0. The Hall–Kier alpha value is -1.50. The summed E-state index contributed by atoms with van der Waals surface area (Å²) < 4.78 is 5.63. The molecule has 0 unspecified atom stereocenters. The van der Waals surface area contributed by atoms with E-state index >= 15 is 0 Å². The van der Waals surface area contributed by atoms with Crippen molar-refractivity contribution in [2.24, 2.45) is 5.73 Å². The lowest BCUT2D eigenvalue weighted by Gasteiger charge is -2.09. The minimum atomic E-state index is -0.231. The molecule has 2 amide bonds. The van der Waals surface area contributed by atoms with Gasteiger partial charge in [0.1, 0.15) is 5.75 Å². The second-order valence-corrected chi connectivity index (χ2v) is 6.56. The molecule has 1 aromatic rings. The van der Waals surface area contributed by atoms with Gasteiger partial charge in [-0.05, 0) is 48.7 Å². The summed E-state index contributed by atoms with van der Waals surface area (Å²) in [6.45, 7) is 3.45. The van der Waals surface area contributed by atoms with Crippen molar-refractivity contribution in [2.45, 2.75) is 32.6 Å². The van der Waals surface area contributed by atoms with Crippen molar-refractivity contribution >= 4 is 35.3 Å². The maximum absolute atomic E-state index is 12.1. The van der Waals surface area contributed by atoms with Crippen LogP contribution >= 0.6 is 24.2 Å². The maximum atomic E-state index is 12.1. The summed E-state index contributed by atoms with van der Waals surface area (Å²) in [4.78, 5) is 25.5. The van der Waals surface area contributed by atoms with Crippen LogP contribution in [0.15, 0.2) is 35.2 Å². The fourth-order valence-electron chi connectivity index (χ4n) is 2.32. The number of nitrogens with zero attached hydrogens (tertiary/aromatic N) is 1. The van der Waals surface area contributed by atoms with E-state index in [-0.39, 0.29) is 36.6 Å². The molecule has 0 aromatic heterocycles. The molecule has 1 heterocycles. The molecule has 1 aromatic carbocycles. The minimum absolute atomic E-state index is 0. The van der Waals surface area contributed by atoms with Crippen LogP contribution in [0.4, 0.5) is 4.79 Å². The van der Waals surface area contributed by atoms with Crippen molar-refractivity contribution in [1.29, 1.82) is 0 Å². The van der Waals surface area contributed by atoms with Crippen molar-refractivity contribution in [3.63, 3.8) is 0 Å². The van der Waals surface area contributed by atoms with Crippen LogP contribution in [0.5, 0.6) is 5.75 Å². The summed E-state index contributed by atoms with van der Waals surface area (Å²) in [5, 5.41) is -0.231. The standard InChI is InChI=1S/C18H24N2O3S.ClH/c1-2-3-13-23-15-9-7-14(8-10-15)5-4-6-16-17(21)20(12-11-19)18(22)24-16;/h6-10H,2-5,11-13,19H2,1H3;1H/b16-6+;. The zero-order valence-corrected chi connectivity index (χ0v) is 16.0. The summed E-state index contributed by atoms with van der Waals surface area (Å²) in [5.74, 6) is 0.658. The quantitative estimate of drug-likeness (QED) is 0.518. The third-order valence-electron chi connectivity index (χ3n) is 3.68. The number of nitrogens with two attached hydrogens (primary N) is 1. The third-order valence-corrected chi connectivity index (χ3v) is 4.64. The minimum Gasteiger partial charge on any atom is -0.494 e. The smallest absolute Gasteiger partial charge is 0.293 e. The van der Waals surface area contributed by atoms with Crippen LogP contribution in [0.3, 0.4) is 0 Å². The fourth-order valence-corrected chi connectivity index (χ4v) is 3.19. The van der Waals surface area contributed by atoms with Gasteiger partial charge in [-0.15, -0.1) is 12.4 Å². The van der Waals surface area contributed by atoms with E-state index in [1.54, 1.807) is 0 Å². The van der Waals surface area contributed by atoms with E-state index in [0.717, 1.165) is 43.4 Å². The number of halogens is 1. The first-order chi connectivity index (χ1) is 11.7. The number of ether oxygens (including phenoxy) is 1. The predicted octanol–water partition coefficient (Wildman–Crippen LogP) is 3.76. The first-order valence-corrected chi connectivity index (χ1v) is 9.13. The molecule has 0 atom stereocenters. The van der Waals surface area contributed by atoms with Gasteiger partial charge in [-0.3, -0.25) is 14.5 Å². The van der Waals surface area contributed by atoms with Crippen molar-refractivity contribution in [3.05, 3.63) is 40.8 Å². The Kier molecular flexibility index (Phi) is 9.63.